The Morgan fingerprint density at radius 2 is 1.91 bits per heavy atom. The highest BCUT2D eigenvalue weighted by Gasteiger charge is 2.17. The molecule has 6 heteroatoms. The molecule has 0 fully saturated rings. The highest BCUT2D eigenvalue weighted by molar-refractivity contribution is 5.87. The number of hydrogen-bond acceptors (Lipinski definition) is 3. The average molecular weight is 307 g/mol. The Hall–Kier alpha value is -3.46. The van der Waals surface area contributed by atoms with Gasteiger partial charge >= 0.3 is 5.97 Å². The molecule has 0 aliphatic heterocycles. The fourth-order valence-electron chi connectivity index (χ4n) is 2.22. The molecule has 0 aliphatic carbocycles. The molecule has 5 nitrogen and oxygen atoms in total. The van der Waals surface area contributed by atoms with Crippen LogP contribution in [0.25, 0.3) is 16.9 Å². The first-order valence-corrected chi connectivity index (χ1v) is 6.69. The third-order valence-corrected chi connectivity index (χ3v) is 3.31. The Morgan fingerprint density at radius 3 is 2.52 bits per heavy atom. The van der Waals surface area contributed by atoms with Crippen molar-refractivity contribution in [2.45, 2.75) is 0 Å². The molecule has 0 amide bonds. The summed E-state index contributed by atoms with van der Waals surface area (Å²) in [6.45, 7) is 0. The second kappa shape index (κ2) is 5.73. The molecular weight excluding hydrogens is 297 g/mol. The predicted molar refractivity (Wildman–Crippen MR) is 80.6 cm³/mol. The third kappa shape index (κ3) is 2.68. The second-order valence-corrected chi connectivity index (χ2v) is 4.77. The van der Waals surface area contributed by atoms with E-state index in [9.17, 15) is 9.18 Å². The monoisotopic (exact) mass is 307 g/mol. The molecule has 1 N–H and O–H groups in total. The molecular formula is C17H10FN3O2. The number of aromatic nitrogens is 2. The fraction of sp³-hybridized carbons (Fsp3) is 0. The quantitative estimate of drug-likeness (QED) is 0.805. The van der Waals surface area contributed by atoms with Gasteiger partial charge in [-0.25, -0.2) is 13.9 Å². The molecule has 1 aromatic heterocycles. The molecule has 0 radical (unpaired) electrons. The Kier molecular flexibility index (Phi) is 3.61. The Bertz CT molecular complexity index is 927. The van der Waals surface area contributed by atoms with Crippen LogP contribution in [0.5, 0.6) is 0 Å². The number of carbonyl (C=O) groups is 1. The molecule has 1 heterocycles. The van der Waals surface area contributed by atoms with Crippen LogP contribution < -0.4 is 0 Å². The number of aromatic carboxylic acids is 1. The van der Waals surface area contributed by atoms with Gasteiger partial charge in [-0.2, -0.15) is 10.4 Å². The number of carboxylic acids is 1. The number of nitriles is 1. The summed E-state index contributed by atoms with van der Waals surface area (Å²) in [4.78, 5) is 11.2. The lowest BCUT2D eigenvalue weighted by atomic mass is 10.1. The van der Waals surface area contributed by atoms with E-state index in [4.69, 9.17) is 10.4 Å². The minimum Gasteiger partial charge on any atom is -0.476 e. The van der Waals surface area contributed by atoms with Gasteiger partial charge in [0.25, 0.3) is 0 Å². The van der Waals surface area contributed by atoms with E-state index in [2.05, 4.69) is 5.10 Å². The van der Waals surface area contributed by atoms with Gasteiger partial charge in [-0.15, -0.1) is 0 Å². The highest BCUT2D eigenvalue weighted by Crippen LogP contribution is 2.25. The van der Waals surface area contributed by atoms with Crippen molar-refractivity contribution in [2.24, 2.45) is 0 Å². The summed E-state index contributed by atoms with van der Waals surface area (Å²) in [5, 5.41) is 22.0. The van der Waals surface area contributed by atoms with Gasteiger partial charge in [0.2, 0.25) is 0 Å². The van der Waals surface area contributed by atoms with Crippen LogP contribution in [-0.2, 0) is 0 Å². The van der Waals surface area contributed by atoms with Crippen molar-refractivity contribution in [3.8, 4) is 23.0 Å². The van der Waals surface area contributed by atoms with Crippen LogP contribution in [0.1, 0.15) is 16.1 Å². The lowest BCUT2D eigenvalue weighted by molar-refractivity contribution is 0.0690. The summed E-state index contributed by atoms with van der Waals surface area (Å²) in [6.07, 6.45) is 0. The second-order valence-electron chi connectivity index (χ2n) is 4.77. The Balaban J connectivity index is 2.20. The smallest absolute Gasteiger partial charge is 0.356 e. The van der Waals surface area contributed by atoms with Gasteiger partial charge < -0.3 is 5.11 Å². The lowest BCUT2D eigenvalue weighted by Gasteiger charge is -2.07. The van der Waals surface area contributed by atoms with E-state index >= 15 is 0 Å². The Labute approximate surface area is 130 Å². The van der Waals surface area contributed by atoms with Crippen molar-refractivity contribution >= 4 is 5.97 Å². The molecule has 0 saturated heterocycles. The number of rotatable bonds is 3. The zero-order valence-corrected chi connectivity index (χ0v) is 11.8. The van der Waals surface area contributed by atoms with Crippen molar-refractivity contribution in [3.63, 3.8) is 0 Å². The van der Waals surface area contributed by atoms with E-state index in [1.165, 1.54) is 22.9 Å². The van der Waals surface area contributed by atoms with Crippen LogP contribution in [0.2, 0.25) is 0 Å². The van der Waals surface area contributed by atoms with Gasteiger partial charge in [-0.1, -0.05) is 24.3 Å². The van der Waals surface area contributed by atoms with Crippen LogP contribution in [0.4, 0.5) is 4.39 Å². The SMILES string of the molecule is N#Cc1ccc(-c2cc(C(=O)O)nn2-c2ccccc2)cc1F. The van der Waals surface area contributed by atoms with Crippen LogP contribution in [0.15, 0.2) is 54.6 Å². The average Bonchev–Trinajstić information content (AvgIpc) is 3.01. The van der Waals surface area contributed by atoms with Crippen LogP contribution in [0.3, 0.4) is 0 Å². The van der Waals surface area contributed by atoms with Crippen LogP contribution >= 0.6 is 0 Å². The lowest BCUT2D eigenvalue weighted by Crippen LogP contribution is -2.02. The first kappa shape index (κ1) is 14.5. The third-order valence-electron chi connectivity index (χ3n) is 3.31. The maximum Gasteiger partial charge on any atom is 0.356 e. The van der Waals surface area contributed by atoms with Crippen molar-refractivity contribution < 1.29 is 14.3 Å². The first-order valence-electron chi connectivity index (χ1n) is 6.69. The van der Waals surface area contributed by atoms with Crippen molar-refractivity contribution in [3.05, 3.63) is 71.7 Å². The summed E-state index contributed by atoms with van der Waals surface area (Å²) in [5.74, 6) is -1.84. The summed E-state index contributed by atoms with van der Waals surface area (Å²) in [5.41, 5.74) is 1.30. The minimum absolute atomic E-state index is 0.0713. The highest BCUT2D eigenvalue weighted by atomic mass is 19.1. The van der Waals surface area contributed by atoms with E-state index in [0.29, 0.717) is 16.9 Å². The largest absolute Gasteiger partial charge is 0.476 e. The summed E-state index contributed by atoms with van der Waals surface area (Å²) >= 11 is 0. The van der Waals surface area contributed by atoms with Crippen molar-refractivity contribution in [1.29, 1.82) is 5.26 Å². The number of carboxylic acid groups (broad SMARTS) is 1. The molecule has 2 aromatic carbocycles. The summed E-state index contributed by atoms with van der Waals surface area (Å²) in [6, 6.07) is 16.2. The normalized spacial score (nSPS) is 10.3. The molecule has 0 unspecified atom stereocenters. The fourth-order valence-corrected chi connectivity index (χ4v) is 2.22. The zero-order valence-electron chi connectivity index (χ0n) is 11.8. The van der Waals surface area contributed by atoms with E-state index in [1.54, 1.807) is 36.4 Å². The maximum absolute atomic E-state index is 13.9. The summed E-state index contributed by atoms with van der Waals surface area (Å²) in [7, 11) is 0. The molecule has 0 spiro atoms. The van der Waals surface area contributed by atoms with E-state index < -0.39 is 11.8 Å². The van der Waals surface area contributed by atoms with Gasteiger partial charge in [0.1, 0.15) is 11.9 Å². The number of hydrogen-bond donors (Lipinski definition) is 1. The molecule has 0 bridgehead atoms. The molecule has 3 aromatic rings. The van der Waals surface area contributed by atoms with Gasteiger partial charge in [0.05, 0.1) is 16.9 Å². The van der Waals surface area contributed by atoms with Gasteiger partial charge in [0, 0.05) is 5.56 Å². The van der Waals surface area contributed by atoms with Crippen LogP contribution in [0, 0.1) is 17.1 Å². The van der Waals surface area contributed by atoms with E-state index in [-0.39, 0.29) is 11.3 Å². The Morgan fingerprint density at radius 1 is 1.17 bits per heavy atom. The minimum atomic E-state index is -1.17. The number of benzene rings is 2. The molecule has 0 saturated carbocycles. The first-order chi connectivity index (χ1) is 11.1. The van der Waals surface area contributed by atoms with Gasteiger partial charge in [0.15, 0.2) is 5.69 Å². The standard InChI is InChI=1S/C17H10FN3O2/c18-14-8-11(6-7-12(14)10-19)16-9-15(17(22)23)20-21(16)13-4-2-1-3-5-13/h1-9H,(H,22,23). The van der Waals surface area contributed by atoms with E-state index in [0.717, 1.165) is 0 Å². The molecule has 0 aliphatic rings. The zero-order chi connectivity index (χ0) is 16.4. The molecule has 0 atom stereocenters. The van der Waals surface area contributed by atoms with Gasteiger partial charge in [-0.05, 0) is 30.3 Å². The van der Waals surface area contributed by atoms with Gasteiger partial charge in [-0.3, -0.25) is 0 Å². The molecule has 23 heavy (non-hydrogen) atoms. The summed E-state index contributed by atoms with van der Waals surface area (Å²) < 4.78 is 15.3. The predicted octanol–water partition coefficient (Wildman–Crippen LogP) is 3.25. The van der Waals surface area contributed by atoms with Crippen molar-refractivity contribution in [2.75, 3.05) is 0 Å². The van der Waals surface area contributed by atoms with E-state index in [1.807, 2.05) is 6.07 Å². The number of para-hydroxylation sites is 1. The molecule has 112 valence electrons. The molecule has 3 rings (SSSR count). The topological polar surface area (TPSA) is 78.9 Å². The number of nitrogens with zero attached hydrogens (tertiary/aromatic N) is 3. The van der Waals surface area contributed by atoms with Crippen molar-refractivity contribution in [1.82, 2.24) is 9.78 Å². The van der Waals surface area contributed by atoms with Crippen LogP contribution in [-0.4, -0.2) is 20.9 Å². The maximum atomic E-state index is 13.9. The number of halogens is 1.